The van der Waals surface area contributed by atoms with Crippen molar-refractivity contribution in [2.24, 2.45) is 0 Å². The number of rotatable bonds is 9. The summed E-state index contributed by atoms with van der Waals surface area (Å²) in [5.41, 5.74) is 5.76. The molecule has 1 aliphatic rings. The average Bonchev–Trinajstić information content (AvgIpc) is 3.37. The van der Waals surface area contributed by atoms with Crippen LogP contribution in [0.15, 0.2) is 48.5 Å². The van der Waals surface area contributed by atoms with Gasteiger partial charge in [0.15, 0.2) is 0 Å². The summed E-state index contributed by atoms with van der Waals surface area (Å²) in [5, 5.41) is 5.99. The molecule has 4 rings (SSSR count). The lowest BCUT2D eigenvalue weighted by atomic mass is 9.97. The van der Waals surface area contributed by atoms with Crippen molar-refractivity contribution in [1.82, 2.24) is 15.2 Å². The Kier molecular flexibility index (Phi) is 7.36. The van der Waals surface area contributed by atoms with Gasteiger partial charge in [-0.3, -0.25) is 9.59 Å². The number of fused-ring (bicyclic) bond motifs is 1. The molecular formula is C28H32N4O3. The first-order chi connectivity index (χ1) is 17.0. The summed E-state index contributed by atoms with van der Waals surface area (Å²) in [7, 11) is 1.62. The standard InChI is InChI=1S/C28H32N4O3/c1-5-32(6-2)15-14-29-28(34)25-18(3)30-24(26(25)19-10-9-11-20(16-19)35-4)17-22-21-12-7-8-13-23(21)31-27(22)33/h7-13,16-17,30H,5-6,14-15H2,1-4H3,(H,29,34)(H,31,33). The molecule has 0 radical (unpaired) electrons. The van der Waals surface area contributed by atoms with E-state index in [2.05, 4.69) is 34.4 Å². The van der Waals surface area contributed by atoms with Crippen LogP contribution in [-0.4, -0.2) is 55.0 Å². The highest BCUT2D eigenvalue weighted by Gasteiger charge is 2.27. The first kappa shape index (κ1) is 24.3. The van der Waals surface area contributed by atoms with Crippen LogP contribution in [0.2, 0.25) is 0 Å². The van der Waals surface area contributed by atoms with Gasteiger partial charge in [0.25, 0.3) is 11.8 Å². The lowest BCUT2D eigenvalue weighted by Gasteiger charge is -2.18. The summed E-state index contributed by atoms with van der Waals surface area (Å²) in [4.78, 5) is 31.8. The van der Waals surface area contributed by atoms with Gasteiger partial charge in [0.1, 0.15) is 5.75 Å². The highest BCUT2D eigenvalue weighted by Crippen LogP contribution is 2.37. The average molecular weight is 473 g/mol. The second kappa shape index (κ2) is 10.6. The predicted octanol–water partition coefficient (Wildman–Crippen LogP) is 4.56. The molecule has 182 valence electrons. The summed E-state index contributed by atoms with van der Waals surface area (Å²) in [5.74, 6) is 0.377. The number of nitrogens with one attached hydrogen (secondary N) is 3. The number of para-hydroxylation sites is 1. The van der Waals surface area contributed by atoms with E-state index in [1.54, 1.807) is 7.11 Å². The molecule has 3 N–H and O–H groups in total. The van der Waals surface area contributed by atoms with Crippen molar-refractivity contribution in [1.29, 1.82) is 0 Å². The molecule has 3 aromatic rings. The molecule has 0 bridgehead atoms. The Hall–Kier alpha value is -3.84. The minimum Gasteiger partial charge on any atom is -0.497 e. The van der Waals surface area contributed by atoms with Gasteiger partial charge in [-0.05, 0) is 49.9 Å². The van der Waals surface area contributed by atoms with Crippen LogP contribution >= 0.6 is 0 Å². The molecule has 2 amide bonds. The number of methoxy groups -OCH3 is 1. The van der Waals surface area contributed by atoms with Crippen LogP contribution in [0, 0.1) is 6.92 Å². The van der Waals surface area contributed by atoms with Crippen molar-refractivity contribution in [3.63, 3.8) is 0 Å². The normalized spacial score (nSPS) is 13.7. The number of aromatic amines is 1. The number of benzene rings is 2. The third-order valence-corrected chi connectivity index (χ3v) is 6.41. The molecule has 0 aliphatic carbocycles. The number of likely N-dealkylation sites (N-methyl/N-ethyl adjacent to an activating group) is 1. The van der Waals surface area contributed by atoms with Gasteiger partial charge in [-0.15, -0.1) is 0 Å². The Balaban J connectivity index is 1.78. The van der Waals surface area contributed by atoms with Crippen molar-refractivity contribution < 1.29 is 14.3 Å². The monoisotopic (exact) mass is 472 g/mol. The zero-order valence-corrected chi connectivity index (χ0v) is 20.7. The molecular weight excluding hydrogens is 440 g/mol. The van der Waals surface area contributed by atoms with E-state index in [1.165, 1.54) is 0 Å². The fraction of sp³-hybridized carbons (Fsp3) is 0.286. The molecule has 0 unspecified atom stereocenters. The molecule has 0 atom stereocenters. The predicted molar refractivity (Wildman–Crippen MR) is 141 cm³/mol. The number of ether oxygens (including phenoxy) is 1. The smallest absolute Gasteiger partial charge is 0.256 e. The zero-order valence-electron chi connectivity index (χ0n) is 20.7. The first-order valence-electron chi connectivity index (χ1n) is 12.0. The molecule has 0 saturated heterocycles. The Bertz CT molecular complexity index is 1270. The van der Waals surface area contributed by atoms with Crippen molar-refractivity contribution >= 4 is 29.2 Å². The van der Waals surface area contributed by atoms with Gasteiger partial charge in [0.05, 0.1) is 18.2 Å². The molecule has 0 spiro atoms. The maximum Gasteiger partial charge on any atom is 0.256 e. The number of carbonyl (C=O) groups is 2. The van der Waals surface area contributed by atoms with Crippen LogP contribution in [0.3, 0.4) is 0 Å². The molecule has 1 aliphatic heterocycles. The first-order valence-corrected chi connectivity index (χ1v) is 12.0. The Morgan fingerprint density at radius 2 is 1.89 bits per heavy atom. The molecule has 0 saturated carbocycles. The Labute approximate surface area is 206 Å². The summed E-state index contributed by atoms with van der Waals surface area (Å²) in [6, 6.07) is 15.2. The summed E-state index contributed by atoms with van der Waals surface area (Å²) >= 11 is 0. The van der Waals surface area contributed by atoms with E-state index < -0.39 is 0 Å². The highest BCUT2D eigenvalue weighted by molar-refractivity contribution is 6.35. The van der Waals surface area contributed by atoms with E-state index in [0.717, 1.165) is 47.7 Å². The van der Waals surface area contributed by atoms with Crippen molar-refractivity contribution in [2.45, 2.75) is 20.8 Å². The third kappa shape index (κ3) is 5.00. The van der Waals surface area contributed by atoms with Gasteiger partial charge >= 0.3 is 0 Å². The number of nitrogens with zero attached hydrogens (tertiary/aromatic N) is 1. The Morgan fingerprint density at radius 3 is 2.63 bits per heavy atom. The van der Waals surface area contributed by atoms with Gasteiger partial charge in [-0.25, -0.2) is 0 Å². The minimum absolute atomic E-state index is 0.148. The largest absolute Gasteiger partial charge is 0.497 e. The number of amides is 2. The van der Waals surface area contributed by atoms with Gasteiger partial charge < -0.3 is 25.3 Å². The van der Waals surface area contributed by atoms with Gasteiger partial charge in [-0.2, -0.15) is 0 Å². The fourth-order valence-corrected chi connectivity index (χ4v) is 4.50. The lowest BCUT2D eigenvalue weighted by Crippen LogP contribution is -2.35. The quantitative estimate of drug-likeness (QED) is 0.399. The summed E-state index contributed by atoms with van der Waals surface area (Å²) in [6.45, 7) is 9.31. The summed E-state index contributed by atoms with van der Waals surface area (Å²) in [6.07, 6.45) is 1.83. The number of hydrogen-bond donors (Lipinski definition) is 3. The van der Waals surface area contributed by atoms with Gasteiger partial charge in [0, 0.05) is 41.3 Å². The van der Waals surface area contributed by atoms with Gasteiger partial charge in [-0.1, -0.05) is 44.2 Å². The van der Waals surface area contributed by atoms with Crippen molar-refractivity contribution in [2.75, 3.05) is 38.6 Å². The maximum atomic E-state index is 13.4. The summed E-state index contributed by atoms with van der Waals surface area (Å²) < 4.78 is 5.44. The minimum atomic E-state index is -0.166. The van der Waals surface area contributed by atoms with E-state index in [4.69, 9.17) is 4.74 Å². The number of H-pyrrole nitrogens is 1. The van der Waals surface area contributed by atoms with Crippen molar-refractivity contribution in [3.05, 3.63) is 71.0 Å². The highest BCUT2D eigenvalue weighted by atomic mass is 16.5. The van der Waals surface area contributed by atoms with E-state index in [9.17, 15) is 9.59 Å². The molecule has 2 heterocycles. The Morgan fingerprint density at radius 1 is 1.11 bits per heavy atom. The van der Waals surface area contributed by atoms with E-state index in [0.29, 0.717) is 29.1 Å². The van der Waals surface area contributed by atoms with E-state index in [-0.39, 0.29) is 11.8 Å². The fourth-order valence-electron chi connectivity index (χ4n) is 4.50. The number of aryl methyl sites for hydroxylation is 1. The topological polar surface area (TPSA) is 86.5 Å². The van der Waals surface area contributed by atoms with Crippen LogP contribution in [0.1, 0.15) is 41.2 Å². The van der Waals surface area contributed by atoms with Crippen LogP contribution in [-0.2, 0) is 4.79 Å². The molecule has 35 heavy (non-hydrogen) atoms. The van der Waals surface area contributed by atoms with Crippen LogP contribution in [0.4, 0.5) is 5.69 Å². The molecule has 7 nitrogen and oxygen atoms in total. The third-order valence-electron chi connectivity index (χ3n) is 6.41. The molecule has 0 fully saturated rings. The number of carbonyl (C=O) groups excluding carboxylic acids is 2. The second-order valence-electron chi connectivity index (χ2n) is 8.49. The lowest BCUT2D eigenvalue weighted by molar-refractivity contribution is -0.110. The molecule has 2 aromatic carbocycles. The molecule has 1 aromatic heterocycles. The van der Waals surface area contributed by atoms with E-state index >= 15 is 0 Å². The van der Waals surface area contributed by atoms with Crippen molar-refractivity contribution in [3.8, 4) is 16.9 Å². The van der Waals surface area contributed by atoms with Crippen LogP contribution in [0.25, 0.3) is 22.8 Å². The van der Waals surface area contributed by atoms with E-state index in [1.807, 2.05) is 61.5 Å². The molecule has 7 heteroatoms. The number of hydrogen-bond acceptors (Lipinski definition) is 4. The number of aromatic nitrogens is 1. The van der Waals surface area contributed by atoms with Crippen LogP contribution in [0.5, 0.6) is 5.75 Å². The SMILES string of the molecule is CCN(CC)CCNC(=O)c1c(C)[nH]c(C=C2C(=O)Nc3ccccc32)c1-c1cccc(OC)c1. The number of anilines is 1. The van der Waals surface area contributed by atoms with Gasteiger partial charge in [0.2, 0.25) is 0 Å². The van der Waals surface area contributed by atoms with Crippen LogP contribution < -0.4 is 15.4 Å². The zero-order chi connectivity index (χ0) is 24.9. The second-order valence-corrected chi connectivity index (χ2v) is 8.49. The maximum absolute atomic E-state index is 13.4.